The summed E-state index contributed by atoms with van der Waals surface area (Å²) in [6.07, 6.45) is -13.2. The molecule has 0 aromatic heterocycles. The van der Waals surface area contributed by atoms with Gasteiger partial charge in [0.05, 0.1) is 6.42 Å². The minimum atomic E-state index is -6.36. The fourth-order valence-electron chi connectivity index (χ4n) is 1.22. The van der Waals surface area contributed by atoms with Gasteiger partial charge >= 0.3 is 45.5 Å². The van der Waals surface area contributed by atoms with Crippen molar-refractivity contribution in [3.05, 3.63) is 12.2 Å². The van der Waals surface area contributed by atoms with E-state index >= 15 is 0 Å². The molecule has 1 atom stereocenters. The van der Waals surface area contributed by atoms with Gasteiger partial charge in [0.2, 0.25) is 0 Å². The number of alkyl halides is 8. The highest BCUT2D eigenvalue weighted by Crippen LogP contribution is 2.39. The van der Waals surface area contributed by atoms with Gasteiger partial charge in [-0.3, -0.25) is 4.55 Å². The van der Waals surface area contributed by atoms with Crippen molar-refractivity contribution < 1.29 is 71.9 Å². The van der Waals surface area contributed by atoms with Crippen LogP contribution < -0.4 is 0 Å². The number of hydrogen-bond donors (Lipinski definition) is 1. The van der Waals surface area contributed by atoms with Crippen molar-refractivity contribution in [2.24, 2.45) is 0 Å². The van der Waals surface area contributed by atoms with Crippen molar-refractivity contribution in [2.75, 3.05) is 13.2 Å². The van der Waals surface area contributed by atoms with Crippen LogP contribution in [-0.4, -0.2) is 61.5 Å². The minimum Gasteiger partial charge on any atom is -0.460 e. The standard InChI is InChI=1S/C12H12F8O8S/c1-6(2)7(21)28-11(12(18,19)20,8(22)26-4-3-9(13,14)15)27-5-10(16,17)29(23,24)25/h1,3-5H2,2H3,(H,23,24,25). The van der Waals surface area contributed by atoms with Crippen molar-refractivity contribution in [3.8, 4) is 0 Å². The highest BCUT2D eigenvalue weighted by Gasteiger charge is 2.69. The topological polar surface area (TPSA) is 116 Å². The molecule has 8 nitrogen and oxygen atoms in total. The molecule has 29 heavy (non-hydrogen) atoms. The number of halogens is 8. The lowest BCUT2D eigenvalue weighted by Gasteiger charge is -2.33. The maximum Gasteiger partial charge on any atom is 0.468 e. The molecule has 170 valence electrons. The molecule has 0 aliphatic rings. The Labute approximate surface area is 157 Å². The third kappa shape index (κ3) is 7.39. The van der Waals surface area contributed by atoms with E-state index in [2.05, 4.69) is 20.8 Å². The van der Waals surface area contributed by atoms with Gasteiger partial charge in [0.25, 0.3) is 0 Å². The first-order chi connectivity index (χ1) is 12.7. The van der Waals surface area contributed by atoms with Gasteiger partial charge < -0.3 is 14.2 Å². The molecule has 0 aromatic rings. The van der Waals surface area contributed by atoms with Gasteiger partial charge in [0, 0.05) is 5.57 Å². The first kappa shape index (κ1) is 27.0. The molecule has 0 saturated heterocycles. The molecule has 17 heteroatoms. The number of ether oxygens (including phenoxy) is 3. The van der Waals surface area contributed by atoms with E-state index < -0.39 is 70.7 Å². The van der Waals surface area contributed by atoms with Crippen molar-refractivity contribution in [3.63, 3.8) is 0 Å². The molecule has 1 N–H and O–H groups in total. The molecule has 0 aliphatic heterocycles. The van der Waals surface area contributed by atoms with Crippen molar-refractivity contribution in [1.29, 1.82) is 0 Å². The zero-order valence-electron chi connectivity index (χ0n) is 14.1. The lowest BCUT2D eigenvalue weighted by Crippen LogP contribution is -2.59. The van der Waals surface area contributed by atoms with Crippen LogP contribution in [0.3, 0.4) is 0 Å². The first-order valence-electron chi connectivity index (χ1n) is 6.84. The van der Waals surface area contributed by atoms with Gasteiger partial charge in [0.1, 0.15) is 13.2 Å². The van der Waals surface area contributed by atoms with Gasteiger partial charge in [-0.15, -0.1) is 0 Å². The fourth-order valence-corrected chi connectivity index (χ4v) is 1.43. The summed E-state index contributed by atoms with van der Waals surface area (Å²) in [4.78, 5) is 23.1. The van der Waals surface area contributed by atoms with E-state index in [9.17, 15) is 53.1 Å². The second kappa shape index (κ2) is 8.78. The van der Waals surface area contributed by atoms with Crippen molar-refractivity contribution >= 4 is 22.1 Å². The number of rotatable bonds is 9. The normalized spacial score (nSPS) is 15.4. The summed E-state index contributed by atoms with van der Waals surface area (Å²) in [6.45, 7) is -1.08. The average molecular weight is 468 g/mol. The minimum absolute atomic E-state index is 0.741. The molecule has 1 unspecified atom stereocenters. The zero-order valence-corrected chi connectivity index (χ0v) is 14.9. The molecule has 0 bridgehead atoms. The van der Waals surface area contributed by atoms with E-state index in [4.69, 9.17) is 4.55 Å². The molecule has 0 amide bonds. The highest BCUT2D eigenvalue weighted by atomic mass is 32.2. The SMILES string of the molecule is C=C(C)C(=O)OC(OCC(F)(F)S(=O)(=O)O)(C(=O)OCCC(F)(F)F)C(F)(F)F. The van der Waals surface area contributed by atoms with Crippen molar-refractivity contribution in [1.82, 2.24) is 0 Å². The largest absolute Gasteiger partial charge is 0.468 e. The maximum atomic E-state index is 13.4. The van der Waals surface area contributed by atoms with E-state index in [-0.39, 0.29) is 0 Å². The van der Waals surface area contributed by atoms with Crippen LogP contribution >= 0.6 is 0 Å². The molecule has 0 aromatic carbocycles. The number of esters is 2. The van der Waals surface area contributed by atoms with Crippen LogP contribution in [0.2, 0.25) is 0 Å². The Morgan fingerprint density at radius 1 is 1.03 bits per heavy atom. The van der Waals surface area contributed by atoms with Gasteiger partial charge in [-0.25, -0.2) is 9.59 Å². The summed E-state index contributed by atoms with van der Waals surface area (Å²) >= 11 is 0. The summed E-state index contributed by atoms with van der Waals surface area (Å²) in [5, 5.41) is -5.44. The molecular weight excluding hydrogens is 456 g/mol. The molecule has 0 saturated carbocycles. The smallest absolute Gasteiger partial charge is 0.460 e. The van der Waals surface area contributed by atoms with Crippen LogP contribution in [0.5, 0.6) is 0 Å². The number of carbonyl (C=O) groups excluding carboxylic acids is 2. The summed E-state index contributed by atoms with van der Waals surface area (Å²) in [7, 11) is -6.36. The predicted molar refractivity (Wildman–Crippen MR) is 73.8 cm³/mol. The summed E-state index contributed by atoms with van der Waals surface area (Å²) in [5.41, 5.74) is -0.841. The van der Waals surface area contributed by atoms with Crippen LogP contribution in [0.25, 0.3) is 0 Å². The van der Waals surface area contributed by atoms with E-state index in [0.29, 0.717) is 0 Å². The number of hydrogen-bond acceptors (Lipinski definition) is 7. The molecule has 0 heterocycles. The Morgan fingerprint density at radius 2 is 1.52 bits per heavy atom. The second-order valence-corrected chi connectivity index (χ2v) is 6.73. The third-order valence-electron chi connectivity index (χ3n) is 2.67. The maximum absolute atomic E-state index is 13.4. The number of carbonyl (C=O) groups is 2. The van der Waals surface area contributed by atoms with Crippen molar-refractivity contribution in [2.45, 2.75) is 36.7 Å². The Morgan fingerprint density at radius 3 is 1.86 bits per heavy atom. The molecule has 0 spiro atoms. The average Bonchev–Trinajstić information content (AvgIpc) is 2.47. The Hall–Kier alpha value is -2.01. The molecule has 0 rings (SSSR count). The van der Waals surface area contributed by atoms with Gasteiger partial charge in [-0.2, -0.15) is 43.5 Å². The summed E-state index contributed by atoms with van der Waals surface area (Å²) < 4.78 is 143. The molecule has 0 aliphatic carbocycles. The lowest BCUT2D eigenvalue weighted by molar-refractivity contribution is -0.360. The second-order valence-electron chi connectivity index (χ2n) is 5.19. The third-order valence-corrected chi connectivity index (χ3v) is 3.54. The van der Waals surface area contributed by atoms with Crippen LogP contribution in [0.15, 0.2) is 12.2 Å². The van der Waals surface area contributed by atoms with E-state index in [1.54, 1.807) is 0 Å². The highest BCUT2D eigenvalue weighted by molar-refractivity contribution is 7.86. The van der Waals surface area contributed by atoms with E-state index in [1.807, 2.05) is 0 Å². The Balaban J connectivity index is 6.05. The monoisotopic (exact) mass is 468 g/mol. The molecule has 0 radical (unpaired) electrons. The van der Waals surface area contributed by atoms with Crippen LogP contribution in [-0.2, 0) is 33.9 Å². The lowest BCUT2D eigenvalue weighted by atomic mass is 10.2. The Kier molecular flexibility index (Phi) is 8.17. The van der Waals surface area contributed by atoms with E-state index in [1.165, 1.54) is 0 Å². The summed E-state index contributed by atoms with van der Waals surface area (Å²) in [5.74, 6) is -10.1. The zero-order chi connectivity index (χ0) is 23.5. The quantitative estimate of drug-likeness (QED) is 0.180. The molecule has 0 fully saturated rings. The first-order valence-corrected chi connectivity index (χ1v) is 8.28. The Bertz CT molecular complexity index is 742. The predicted octanol–water partition coefficient (Wildman–Crippen LogP) is 2.36. The van der Waals surface area contributed by atoms with Crippen LogP contribution in [0.4, 0.5) is 35.1 Å². The van der Waals surface area contributed by atoms with Gasteiger partial charge in [0.15, 0.2) is 0 Å². The van der Waals surface area contributed by atoms with Gasteiger partial charge in [-0.05, 0) is 6.92 Å². The van der Waals surface area contributed by atoms with Crippen LogP contribution in [0, 0.1) is 0 Å². The molecular formula is C12H12F8O8S. The fraction of sp³-hybridized carbons (Fsp3) is 0.667. The van der Waals surface area contributed by atoms with Crippen LogP contribution in [0.1, 0.15) is 13.3 Å². The van der Waals surface area contributed by atoms with Gasteiger partial charge in [-0.1, -0.05) is 6.58 Å². The summed E-state index contributed by atoms with van der Waals surface area (Å²) in [6, 6.07) is 0. The van der Waals surface area contributed by atoms with E-state index in [0.717, 1.165) is 6.92 Å².